The number of nitrogens with zero attached hydrogens (tertiary/aromatic N) is 3. The molecule has 2 aromatic rings. The second-order valence-corrected chi connectivity index (χ2v) is 11.8. The number of piperidine rings is 2. The number of halogens is 1. The average molecular weight is 558 g/mol. The lowest BCUT2D eigenvalue weighted by atomic mass is 9.87. The molecule has 2 fully saturated rings. The number of carbonyl (C=O) groups excluding carboxylic acids is 2. The Labute approximate surface area is 236 Å². The van der Waals surface area contributed by atoms with E-state index >= 15 is 0 Å². The summed E-state index contributed by atoms with van der Waals surface area (Å²) in [6.07, 6.45) is 4.21. The summed E-state index contributed by atoms with van der Waals surface area (Å²) < 4.78 is 10.8. The van der Waals surface area contributed by atoms with Gasteiger partial charge in [-0.25, -0.2) is 9.59 Å². The molecule has 0 spiro atoms. The Bertz CT molecular complexity index is 1100. The van der Waals surface area contributed by atoms with Crippen molar-refractivity contribution in [1.82, 2.24) is 20.1 Å². The van der Waals surface area contributed by atoms with Gasteiger partial charge in [0, 0.05) is 61.1 Å². The highest BCUT2D eigenvalue weighted by Crippen LogP contribution is 2.30. The Balaban J connectivity index is 1.36. The lowest BCUT2D eigenvalue weighted by molar-refractivity contribution is 0.0163. The molecule has 0 radical (unpaired) electrons. The third-order valence-corrected chi connectivity index (χ3v) is 7.52. The molecule has 3 heterocycles. The van der Waals surface area contributed by atoms with Crippen LogP contribution in [0.2, 0.25) is 5.02 Å². The number of hydrogen-bond acceptors (Lipinski definition) is 6. The molecule has 0 saturated carbocycles. The third-order valence-electron chi connectivity index (χ3n) is 7.27. The number of aromatic nitrogens is 1. The van der Waals surface area contributed by atoms with Crippen LogP contribution in [0, 0.1) is 5.92 Å². The minimum Gasteiger partial charge on any atom is -0.495 e. The van der Waals surface area contributed by atoms with Gasteiger partial charge in [-0.15, -0.1) is 0 Å². The predicted molar refractivity (Wildman–Crippen MR) is 153 cm³/mol. The molecule has 0 bridgehead atoms. The van der Waals surface area contributed by atoms with Crippen molar-refractivity contribution in [3.63, 3.8) is 0 Å². The number of urea groups is 1. The Morgan fingerprint density at radius 3 is 2.38 bits per heavy atom. The summed E-state index contributed by atoms with van der Waals surface area (Å²) in [5, 5.41) is 6.71. The van der Waals surface area contributed by atoms with E-state index in [9.17, 15) is 9.59 Å². The first-order valence-corrected chi connectivity index (χ1v) is 14.0. The number of pyridine rings is 1. The lowest BCUT2D eigenvalue weighted by Crippen LogP contribution is -2.52. The van der Waals surface area contributed by atoms with Crippen LogP contribution in [0.1, 0.15) is 51.6 Å². The molecule has 1 aromatic heterocycles. The van der Waals surface area contributed by atoms with E-state index < -0.39 is 5.60 Å². The van der Waals surface area contributed by atoms with Crippen LogP contribution in [0.15, 0.2) is 42.6 Å². The topological polar surface area (TPSA) is 96.0 Å². The average Bonchev–Trinajstić information content (AvgIpc) is 2.90. The Morgan fingerprint density at radius 1 is 1.05 bits per heavy atom. The van der Waals surface area contributed by atoms with Gasteiger partial charge in [0.2, 0.25) is 0 Å². The summed E-state index contributed by atoms with van der Waals surface area (Å²) in [5.41, 5.74) is 1.13. The van der Waals surface area contributed by atoms with E-state index in [1.807, 2.05) is 37.8 Å². The van der Waals surface area contributed by atoms with Crippen molar-refractivity contribution in [2.45, 2.75) is 57.6 Å². The third kappa shape index (κ3) is 8.47. The number of rotatable bonds is 6. The molecule has 212 valence electrons. The standard InChI is InChI=1S/C29H40ClN5O4/c1-29(2,3)39-28(37)35-15-11-20(12-16-35)18-34-14-13-26(24(19-34)25-10-9-23(38-4)17-31-25)33-27(36)32-22-7-5-21(30)6-8-22/h5-10,17,20,24,26H,11-16,18-19H2,1-4H3,(H2,32,33,36). The van der Waals surface area contributed by atoms with E-state index in [1.165, 1.54) is 0 Å². The summed E-state index contributed by atoms with van der Waals surface area (Å²) in [5.74, 6) is 1.24. The summed E-state index contributed by atoms with van der Waals surface area (Å²) >= 11 is 5.97. The second kappa shape index (κ2) is 12.9. The van der Waals surface area contributed by atoms with Gasteiger partial charge in [-0.1, -0.05) is 11.6 Å². The molecule has 3 amide bonds. The van der Waals surface area contributed by atoms with E-state index in [0.717, 1.165) is 44.6 Å². The van der Waals surface area contributed by atoms with Gasteiger partial charge in [0.05, 0.1) is 13.3 Å². The number of methoxy groups -OCH3 is 1. The summed E-state index contributed by atoms with van der Waals surface area (Å²) in [7, 11) is 1.62. The summed E-state index contributed by atoms with van der Waals surface area (Å²) in [4.78, 5) is 34.3. The highest BCUT2D eigenvalue weighted by atomic mass is 35.5. The van der Waals surface area contributed by atoms with Crippen molar-refractivity contribution in [2.24, 2.45) is 5.92 Å². The molecule has 2 saturated heterocycles. The Hall–Kier alpha value is -3.04. The van der Waals surface area contributed by atoms with Crippen molar-refractivity contribution in [1.29, 1.82) is 0 Å². The number of ether oxygens (including phenoxy) is 2. The first-order chi connectivity index (χ1) is 18.6. The molecule has 2 aliphatic heterocycles. The number of anilines is 1. The van der Waals surface area contributed by atoms with Crippen LogP contribution in [0.25, 0.3) is 0 Å². The molecule has 4 rings (SSSR count). The smallest absolute Gasteiger partial charge is 0.410 e. The zero-order chi connectivity index (χ0) is 28.0. The number of carbonyl (C=O) groups is 2. The highest BCUT2D eigenvalue weighted by Gasteiger charge is 2.34. The quantitative estimate of drug-likeness (QED) is 0.496. The van der Waals surface area contributed by atoms with E-state index in [2.05, 4.69) is 20.5 Å². The first-order valence-electron chi connectivity index (χ1n) is 13.6. The van der Waals surface area contributed by atoms with E-state index in [0.29, 0.717) is 35.5 Å². The summed E-state index contributed by atoms with van der Waals surface area (Å²) in [6.45, 7) is 9.74. The predicted octanol–water partition coefficient (Wildman–Crippen LogP) is 5.37. The van der Waals surface area contributed by atoms with Crippen LogP contribution in [0.3, 0.4) is 0 Å². The fourth-order valence-corrected chi connectivity index (χ4v) is 5.37. The molecule has 2 aliphatic rings. The molecule has 2 N–H and O–H groups in total. The lowest BCUT2D eigenvalue weighted by Gasteiger charge is -2.41. The largest absolute Gasteiger partial charge is 0.495 e. The number of hydrogen-bond donors (Lipinski definition) is 2. The molecular formula is C29H40ClN5O4. The molecule has 9 nitrogen and oxygen atoms in total. The van der Waals surface area contributed by atoms with Crippen molar-refractivity contribution >= 4 is 29.4 Å². The van der Waals surface area contributed by atoms with Crippen molar-refractivity contribution in [3.8, 4) is 5.75 Å². The monoisotopic (exact) mass is 557 g/mol. The van der Waals surface area contributed by atoms with Crippen LogP contribution in [-0.2, 0) is 4.74 Å². The Kier molecular flexibility index (Phi) is 9.56. The molecule has 10 heteroatoms. The maximum Gasteiger partial charge on any atom is 0.410 e. The molecule has 0 aliphatic carbocycles. The fourth-order valence-electron chi connectivity index (χ4n) is 5.25. The Morgan fingerprint density at radius 2 is 1.77 bits per heavy atom. The van der Waals surface area contributed by atoms with Gasteiger partial charge in [-0.2, -0.15) is 0 Å². The number of nitrogens with one attached hydrogen (secondary N) is 2. The fraction of sp³-hybridized carbons (Fsp3) is 0.552. The van der Waals surface area contributed by atoms with Gasteiger partial charge < -0.3 is 29.9 Å². The van der Waals surface area contributed by atoms with Gasteiger partial charge in [0.15, 0.2) is 0 Å². The molecule has 1 aromatic carbocycles. The maximum atomic E-state index is 12.9. The minimum absolute atomic E-state index is 0.0301. The van der Waals surface area contributed by atoms with Crippen LogP contribution in [0.4, 0.5) is 15.3 Å². The van der Waals surface area contributed by atoms with Gasteiger partial charge in [-0.05, 0) is 82.3 Å². The van der Waals surface area contributed by atoms with Gasteiger partial charge in [0.25, 0.3) is 0 Å². The van der Waals surface area contributed by atoms with Crippen LogP contribution in [0.5, 0.6) is 5.75 Å². The van der Waals surface area contributed by atoms with Gasteiger partial charge >= 0.3 is 12.1 Å². The first kappa shape index (κ1) is 29.0. The molecule has 2 unspecified atom stereocenters. The van der Waals surface area contributed by atoms with Crippen LogP contribution in [-0.4, -0.2) is 78.4 Å². The molecule has 2 atom stereocenters. The van der Waals surface area contributed by atoms with Crippen LogP contribution < -0.4 is 15.4 Å². The summed E-state index contributed by atoms with van der Waals surface area (Å²) in [6, 6.07) is 10.6. The van der Waals surface area contributed by atoms with E-state index in [4.69, 9.17) is 21.1 Å². The number of amides is 3. The van der Waals surface area contributed by atoms with Crippen molar-refractivity contribution < 1.29 is 19.1 Å². The van der Waals surface area contributed by atoms with Crippen molar-refractivity contribution in [3.05, 3.63) is 53.3 Å². The maximum absolute atomic E-state index is 12.9. The number of likely N-dealkylation sites (tertiary alicyclic amines) is 2. The molecular weight excluding hydrogens is 518 g/mol. The highest BCUT2D eigenvalue weighted by molar-refractivity contribution is 6.30. The minimum atomic E-state index is -0.484. The number of benzene rings is 1. The zero-order valence-electron chi connectivity index (χ0n) is 23.3. The molecule has 39 heavy (non-hydrogen) atoms. The zero-order valence-corrected chi connectivity index (χ0v) is 24.0. The van der Waals surface area contributed by atoms with Crippen LogP contribution >= 0.6 is 11.6 Å². The second-order valence-electron chi connectivity index (χ2n) is 11.4. The van der Waals surface area contributed by atoms with Crippen molar-refractivity contribution in [2.75, 3.05) is 45.2 Å². The SMILES string of the molecule is COc1ccc(C2CN(CC3CCN(C(=O)OC(C)(C)C)CC3)CCC2NC(=O)Nc2ccc(Cl)cc2)nc1. The van der Waals surface area contributed by atoms with Gasteiger partial charge in [0.1, 0.15) is 11.4 Å². The normalized spacial score (nSPS) is 20.8. The van der Waals surface area contributed by atoms with E-state index in [-0.39, 0.29) is 24.1 Å². The van der Waals surface area contributed by atoms with Gasteiger partial charge in [-0.3, -0.25) is 4.98 Å². The van der Waals surface area contributed by atoms with E-state index in [1.54, 1.807) is 37.6 Å².